The zero-order valence-corrected chi connectivity index (χ0v) is 12.4. The molecule has 110 valence electrons. The zero-order valence-electron chi connectivity index (χ0n) is 12.4. The second-order valence-electron chi connectivity index (χ2n) is 6.95. The van der Waals surface area contributed by atoms with Gasteiger partial charge in [-0.25, -0.2) is 4.79 Å². The molecule has 0 radical (unpaired) electrons. The summed E-state index contributed by atoms with van der Waals surface area (Å²) in [6.45, 7) is 6.48. The molecule has 0 spiro atoms. The van der Waals surface area contributed by atoms with Crippen LogP contribution in [-0.2, 0) is 4.74 Å². The summed E-state index contributed by atoms with van der Waals surface area (Å²) in [6.07, 6.45) is 5.77. The highest BCUT2D eigenvalue weighted by Crippen LogP contribution is 2.35. The van der Waals surface area contributed by atoms with Crippen molar-refractivity contribution < 1.29 is 14.6 Å². The molecule has 0 aromatic rings. The van der Waals surface area contributed by atoms with Gasteiger partial charge in [-0.3, -0.25) is 0 Å². The van der Waals surface area contributed by atoms with E-state index in [-0.39, 0.29) is 18.2 Å². The average Bonchev–Trinajstić information content (AvgIpc) is 3.02. The minimum absolute atomic E-state index is 0.166. The van der Waals surface area contributed by atoms with E-state index in [1.54, 1.807) is 0 Å². The molecule has 0 aromatic carbocycles. The van der Waals surface area contributed by atoms with Crippen molar-refractivity contribution in [3.63, 3.8) is 0 Å². The average molecular weight is 269 g/mol. The lowest BCUT2D eigenvalue weighted by molar-refractivity contribution is 0.0204. The number of hydrogen-bond acceptors (Lipinski definition) is 3. The summed E-state index contributed by atoms with van der Waals surface area (Å²) in [5, 5.41) is 9.93. The fourth-order valence-corrected chi connectivity index (χ4v) is 2.78. The Balaban J connectivity index is 1.80. The van der Waals surface area contributed by atoms with E-state index < -0.39 is 5.60 Å². The first-order valence-electron chi connectivity index (χ1n) is 7.54. The Morgan fingerprint density at radius 2 is 2.05 bits per heavy atom. The van der Waals surface area contributed by atoms with E-state index in [2.05, 4.69) is 0 Å². The molecule has 1 aliphatic carbocycles. The number of nitrogens with zero attached hydrogens (tertiary/aromatic N) is 1. The van der Waals surface area contributed by atoms with E-state index in [1.165, 1.54) is 12.8 Å². The lowest BCUT2D eigenvalue weighted by Crippen LogP contribution is -2.40. The molecule has 0 aromatic heterocycles. The molecule has 1 aliphatic heterocycles. The summed E-state index contributed by atoms with van der Waals surface area (Å²) in [6, 6.07) is 0.253. The molecule has 1 saturated heterocycles. The Labute approximate surface area is 116 Å². The lowest BCUT2D eigenvalue weighted by Gasteiger charge is -2.29. The molecule has 1 amide bonds. The minimum Gasteiger partial charge on any atom is -0.444 e. The summed E-state index contributed by atoms with van der Waals surface area (Å²) in [5.74, 6) is 0.524. The van der Waals surface area contributed by atoms with E-state index in [4.69, 9.17) is 4.74 Å². The molecule has 19 heavy (non-hydrogen) atoms. The normalized spacial score (nSPS) is 25.5. The molecular weight excluding hydrogens is 242 g/mol. The molecule has 2 rings (SSSR count). The van der Waals surface area contributed by atoms with E-state index >= 15 is 0 Å². The van der Waals surface area contributed by atoms with Gasteiger partial charge in [0.15, 0.2) is 0 Å². The van der Waals surface area contributed by atoms with Gasteiger partial charge in [-0.05, 0) is 65.2 Å². The van der Waals surface area contributed by atoms with Crippen LogP contribution in [0.5, 0.6) is 0 Å². The van der Waals surface area contributed by atoms with Crippen molar-refractivity contribution in [2.75, 3.05) is 6.54 Å². The minimum atomic E-state index is -0.433. The van der Waals surface area contributed by atoms with Crippen LogP contribution in [0.2, 0.25) is 0 Å². The number of hydrogen-bond donors (Lipinski definition) is 1. The van der Waals surface area contributed by atoms with Crippen molar-refractivity contribution >= 4 is 6.09 Å². The first-order valence-corrected chi connectivity index (χ1v) is 7.54. The second-order valence-corrected chi connectivity index (χ2v) is 6.95. The van der Waals surface area contributed by atoms with Crippen molar-refractivity contribution in [3.05, 3.63) is 0 Å². The molecule has 1 saturated carbocycles. The van der Waals surface area contributed by atoms with Crippen LogP contribution in [-0.4, -0.2) is 40.4 Å². The fraction of sp³-hybridized carbons (Fsp3) is 0.933. The van der Waals surface area contributed by atoms with Gasteiger partial charge >= 0.3 is 6.09 Å². The number of carbonyl (C=O) groups is 1. The lowest BCUT2D eigenvalue weighted by atomic mass is 10.0. The van der Waals surface area contributed by atoms with Gasteiger partial charge in [-0.15, -0.1) is 0 Å². The Morgan fingerprint density at radius 1 is 1.37 bits per heavy atom. The van der Waals surface area contributed by atoms with Gasteiger partial charge in [-0.2, -0.15) is 0 Å². The van der Waals surface area contributed by atoms with Crippen LogP contribution in [0.15, 0.2) is 0 Å². The van der Waals surface area contributed by atoms with Crippen LogP contribution >= 0.6 is 0 Å². The van der Waals surface area contributed by atoms with E-state index in [1.807, 2.05) is 25.7 Å². The number of carbonyl (C=O) groups excluding carboxylic acids is 1. The van der Waals surface area contributed by atoms with E-state index in [0.717, 1.165) is 32.2 Å². The standard InChI is InChI=1S/C15H27NO3/c1-15(2,3)19-14(18)16-10-4-5-12(16)8-9-13(17)11-6-7-11/h11-13,17H,4-10H2,1-3H3/t12-,13+/m0/s1. The third kappa shape index (κ3) is 4.37. The smallest absolute Gasteiger partial charge is 0.410 e. The van der Waals surface area contributed by atoms with Gasteiger partial charge in [0.2, 0.25) is 0 Å². The van der Waals surface area contributed by atoms with Crippen molar-refractivity contribution in [1.82, 2.24) is 4.90 Å². The molecule has 1 N–H and O–H groups in total. The number of rotatable bonds is 4. The predicted molar refractivity (Wildman–Crippen MR) is 73.9 cm³/mol. The Morgan fingerprint density at radius 3 is 2.63 bits per heavy atom. The Bertz CT molecular complexity index is 320. The van der Waals surface area contributed by atoms with Crippen LogP contribution in [0.25, 0.3) is 0 Å². The largest absolute Gasteiger partial charge is 0.444 e. The maximum Gasteiger partial charge on any atom is 0.410 e. The predicted octanol–water partition coefficient (Wildman–Crippen LogP) is 2.94. The summed E-state index contributed by atoms with van der Waals surface area (Å²) in [4.78, 5) is 14.0. The number of likely N-dealkylation sites (tertiary alicyclic amines) is 1. The quantitative estimate of drug-likeness (QED) is 0.853. The van der Waals surface area contributed by atoms with Gasteiger partial charge < -0.3 is 14.7 Å². The molecule has 1 heterocycles. The highest BCUT2D eigenvalue weighted by molar-refractivity contribution is 5.68. The highest BCUT2D eigenvalue weighted by atomic mass is 16.6. The molecule has 0 unspecified atom stereocenters. The molecular formula is C15H27NO3. The summed E-state index contributed by atoms with van der Waals surface area (Å²) >= 11 is 0. The summed E-state index contributed by atoms with van der Waals surface area (Å²) in [5.41, 5.74) is -0.433. The molecule has 4 nitrogen and oxygen atoms in total. The maximum atomic E-state index is 12.1. The van der Waals surface area contributed by atoms with Crippen molar-refractivity contribution in [1.29, 1.82) is 0 Å². The van der Waals surface area contributed by atoms with Crippen molar-refractivity contribution in [2.45, 2.75) is 77.0 Å². The third-order valence-corrected chi connectivity index (χ3v) is 3.97. The number of amides is 1. The molecule has 0 bridgehead atoms. The fourth-order valence-electron chi connectivity index (χ4n) is 2.78. The number of aliphatic hydroxyl groups is 1. The third-order valence-electron chi connectivity index (χ3n) is 3.97. The summed E-state index contributed by atoms with van der Waals surface area (Å²) < 4.78 is 5.44. The van der Waals surface area contributed by atoms with E-state index in [0.29, 0.717) is 5.92 Å². The zero-order chi connectivity index (χ0) is 14.0. The molecule has 2 aliphatic rings. The second kappa shape index (κ2) is 5.70. The topological polar surface area (TPSA) is 49.8 Å². The molecule has 2 atom stereocenters. The Kier molecular flexibility index (Phi) is 4.39. The monoisotopic (exact) mass is 269 g/mol. The first kappa shape index (κ1) is 14.6. The Hall–Kier alpha value is -0.770. The van der Waals surface area contributed by atoms with Gasteiger partial charge in [0.05, 0.1) is 6.10 Å². The van der Waals surface area contributed by atoms with Crippen LogP contribution in [0.3, 0.4) is 0 Å². The molecule has 2 fully saturated rings. The van der Waals surface area contributed by atoms with Crippen molar-refractivity contribution in [3.8, 4) is 0 Å². The number of aliphatic hydroxyl groups excluding tert-OH is 1. The highest BCUT2D eigenvalue weighted by Gasteiger charge is 2.34. The SMILES string of the molecule is CC(C)(C)OC(=O)N1CCC[C@H]1CC[C@@H](O)C1CC1. The van der Waals surface area contributed by atoms with Crippen LogP contribution in [0, 0.1) is 5.92 Å². The van der Waals surface area contributed by atoms with Crippen LogP contribution in [0.4, 0.5) is 4.79 Å². The van der Waals surface area contributed by atoms with Gasteiger partial charge in [-0.1, -0.05) is 0 Å². The summed E-state index contributed by atoms with van der Waals surface area (Å²) in [7, 11) is 0. The van der Waals surface area contributed by atoms with Gasteiger partial charge in [0.25, 0.3) is 0 Å². The van der Waals surface area contributed by atoms with Gasteiger partial charge in [0.1, 0.15) is 5.60 Å². The van der Waals surface area contributed by atoms with Crippen LogP contribution < -0.4 is 0 Å². The van der Waals surface area contributed by atoms with Gasteiger partial charge in [0, 0.05) is 12.6 Å². The number of ether oxygens (including phenoxy) is 1. The molecule has 4 heteroatoms. The van der Waals surface area contributed by atoms with Crippen LogP contribution in [0.1, 0.15) is 59.3 Å². The van der Waals surface area contributed by atoms with Crippen molar-refractivity contribution in [2.24, 2.45) is 5.92 Å². The maximum absolute atomic E-state index is 12.1. The van der Waals surface area contributed by atoms with E-state index in [9.17, 15) is 9.90 Å². The first-order chi connectivity index (χ1) is 8.87.